The van der Waals surface area contributed by atoms with Gasteiger partial charge in [-0.25, -0.2) is 8.78 Å². The minimum atomic E-state index is -3.09. The number of pyridine rings is 1. The predicted octanol–water partition coefficient (Wildman–Crippen LogP) is 1.83. The number of rotatable bonds is 2. The van der Waals surface area contributed by atoms with Crippen molar-refractivity contribution >= 4 is 16.8 Å². The minimum Gasteiger partial charge on any atom is -0.337 e. The molecule has 1 aromatic heterocycles. The average Bonchev–Trinajstić information content (AvgIpc) is 2.02. The molecule has 0 aliphatic heterocycles. The third kappa shape index (κ3) is 1.79. The molecule has 0 saturated carbocycles. The van der Waals surface area contributed by atoms with Crippen LogP contribution in [0.15, 0.2) is 11.0 Å². The van der Waals surface area contributed by atoms with Crippen molar-refractivity contribution in [2.75, 3.05) is 0 Å². The third-order valence-corrected chi connectivity index (χ3v) is 1.68. The van der Waals surface area contributed by atoms with Gasteiger partial charge >= 0.3 is 0 Å². The van der Waals surface area contributed by atoms with Crippen molar-refractivity contribution in [3.63, 3.8) is 0 Å². The van der Waals surface area contributed by atoms with Crippen LogP contribution in [0, 0.1) is 5.95 Å². The normalized spacial score (nSPS) is 10.6. The van der Waals surface area contributed by atoms with Crippen LogP contribution in [0.4, 0.5) is 13.2 Å². The topological polar surface area (TPSA) is 49.9 Å². The molecule has 14 heavy (non-hydrogen) atoms. The van der Waals surface area contributed by atoms with Crippen LogP contribution in [0.5, 0.6) is 0 Å². The molecule has 1 heterocycles. The summed E-state index contributed by atoms with van der Waals surface area (Å²) in [6.07, 6.45) is -2.58. The van der Waals surface area contributed by atoms with E-state index in [1.807, 2.05) is 0 Å². The van der Waals surface area contributed by atoms with Crippen molar-refractivity contribution in [2.45, 2.75) is 6.43 Å². The Bertz CT molecular complexity index is 429. The zero-order valence-electron chi connectivity index (χ0n) is 6.48. The van der Waals surface area contributed by atoms with Gasteiger partial charge in [0.05, 0.1) is 5.56 Å². The number of nitrogens with one attached hydrogen (secondary N) is 1. The van der Waals surface area contributed by atoms with Crippen molar-refractivity contribution in [3.05, 3.63) is 33.5 Å². The smallest absolute Gasteiger partial charge is 0.269 e. The highest BCUT2D eigenvalue weighted by Crippen LogP contribution is 2.15. The molecule has 7 heteroatoms. The predicted molar refractivity (Wildman–Crippen MR) is 42.2 cm³/mol. The SMILES string of the molecule is O=C(Cl)c1c(F)[nH]cc(C(F)F)c1=O. The van der Waals surface area contributed by atoms with Gasteiger partial charge in [-0.1, -0.05) is 0 Å². The van der Waals surface area contributed by atoms with Gasteiger partial charge in [-0.3, -0.25) is 9.59 Å². The van der Waals surface area contributed by atoms with Crippen LogP contribution >= 0.6 is 11.6 Å². The van der Waals surface area contributed by atoms with E-state index < -0.39 is 34.2 Å². The van der Waals surface area contributed by atoms with E-state index in [-0.39, 0.29) is 0 Å². The molecule has 0 aliphatic carbocycles. The quantitative estimate of drug-likeness (QED) is 0.617. The van der Waals surface area contributed by atoms with Gasteiger partial charge in [0.1, 0.15) is 5.56 Å². The highest BCUT2D eigenvalue weighted by Gasteiger charge is 2.21. The first kappa shape index (κ1) is 10.8. The second-order valence-corrected chi connectivity index (χ2v) is 2.68. The largest absolute Gasteiger partial charge is 0.337 e. The Morgan fingerprint density at radius 2 is 2.07 bits per heavy atom. The molecule has 76 valence electrons. The number of aromatic amines is 1. The molecule has 1 N–H and O–H groups in total. The molecule has 0 atom stereocenters. The Kier molecular flexibility index (Phi) is 2.95. The Labute approximate surface area is 80.5 Å². The number of hydrogen-bond donors (Lipinski definition) is 1. The van der Waals surface area contributed by atoms with E-state index in [0.29, 0.717) is 6.20 Å². The highest BCUT2D eigenvalue weighted by atomic mass is 35.5. The maximum absolute atomic E-state index is 12.7. The second kappa shape index (κ2) is 3.83. The van der Waals surface area contributed by atoms with Gasteiger partial charge in [-0.2, -0.15) is 4.39 Å². The van der Waals surface area contributed by atoms with E-state index in [0.717, 1.165) is 0 Å². The lowest BCUT2D eigenvalue weighted by Gasteiger charge is -2.01. The third-order valence-electron chi connectivity index (χ3n) is 1.49. The molecular formula is C7H3ClF3NO2. The van der Waals surface area contributed by atoms with E-state index >= 15 is 0 Å². The van der Waals surface area contributed by atoms with Gasteiger partial charge < -0.3 is 4.98 Å². The van der Waals surface area contributed by atoms with Crippen molar-refractivity contribution in [1.29, 1.82) is 0 Å². The molecule has 0 fully saturated rings. The van der Waals surface area contributed by atoms with Crippen LogP contribution in [0.25, 0.3) is 0 Å². The lowest BCUT2D eigenvalue weighted by Crippen LogP contribution is -2.20. The van der Waals surface area contributed by atoms with Gasteiger partial charge in [0.25, 0.3) is 11.7 Å². The van der Waals surface area contributed by atoms with Crippen LogP contribution in [-0.4, -0.2) is 10.2 Å². The van der Waals surface area contributed by atoms with Crippen LogP contribution in [0.3, 0.4) is 0 Å². The van der Waals surface area contributed by atoms with E-state index in [9.17, 15) is 22.8 Å². The monoisotopic (exact) mass is 225 g/mol. The zero-order chi connectivity index (χ0) is 10.9. The highest BCUT2D eigenvalue weighted by molar-refractivity contribution is 6.67. The van der Waals surface area contributed by atoms with E-state index in [4.69, 9.17) is 11.6 Å². The zero-order valence-corrected chi connectivity index (χ0v) is 7.24. The Balaban J connectivity index is 3.50. The number of alkyl halides is 2. The van der Waals surface area contributed by atoms with Gasteiger partial charge in [-0.15, -0.1) is 0 Å². The standard InChI is InChI=1S/C7H3ClF3NO2/c8-5(14)3-4(13)2(6(9)10)1-12-7(3)11/h1,6H,(H,12,13). The number of hydrogen-bond acceptors (Lipinski definition) is 2. The first-order valence-corrected chi connectivity index (χ1v) is 3.72. The molecule has 0 aliphatic rings. The molecule has 0 unspecified atom stereocenters. The maximum Gasteiger partial charge on any atom is 0.269 e. The number of aromatic nitrogens is 1. The van der Waals surface area contributed by atoms with Crippen LogP contribution < -0.4 is 5.43 Å². The molecule has 1 aromatic rings. The average molecular weight is 226 g/mol. The van der Waals surface area contributed by atoms with Gasteiger partial charge in [-0.05, 0) is 11.6 Å². The molecular weight excluding hydrogens is 223 g/mol. The summed E-state index contributed by atoms with van der Waals surface area (Å²) in [5, 5.41) is -1.41. The summed E-state index contributed by atoms with van der Waals surface area (Å²) in [6.45, 7) is 0. The lowest BCUT2D eigenvalue weighted by atomic mass is 10.2. The Morgan fingerprint density at radius 1 is 1.50 bits per heavy atom. The number of carbonyl (C=O) groups is 1. The molecule has 0 aromatic carbocycles. The van der Waals surface area contributed by atoms with Crippen molar-refractivity contribution < 1.29 is 18.0 Å². The summed E-state index contributed by atoms with van der Waals surface area (Å²) in [7, 11) is 0. The van der Waals surface area contributed by atoms with Gasteiger partial charge in [0.15, 0.2) is 0 Å². The van der Waals surface area contributed by atoms with E-state index in [2.05, 4.69) is 0 Å². The summed E-state index contributed by atoms with van der Waals surface area (Å²) in [5.41, 5.74) is -3.48. The molecule has 3 nitrogen and oxygen atoms in total. The first-order chi connectivity index (χ1) is 6.45. The van der Waals surface area contributed by atoms with Crippen LogP contribution in [0.2, 0.25) is 0 Å². The lowest BCUT2D eigenvalue weighted by molar-refractivity contribution is 0.107. The molecule has 1 rings (SSSR count). The first-order valence-electron chi connectivity index (χ1n) is 3.34. The fourth-order valence-corrected chi connectivity index (χ4v) is 1.03. The van der Waals surface area contributed by atoms with E-state index in [1.54, 1.807) is 4.98 Å². The number of carbonyl (C=O) groups excluding carboxylic acids is 1. The summed E-state index contributed by atoms with van der Waals surface area (Å²) in [6, 6.07) is 0. The second-order valence-electron chi connectivity index (χ2n) is 2.34. The Morgan fingerprint density at radius 3 is 2.50 bits per heavy atom. The Hall–Kier alpha value is -1.30. The molecule has 0 spiro atoms. The van der Waals surface area contributed by atoms with Crippen molar-refractivity contribution in [1.82, 2.24) is 4.98 Å². The van der Waals surface area contributed by atoms with Gasteiger partial charge in [0, 0.05) is 6.20 Å². The maximum atomic E-state index is 12.7. The summed E-state index contributed by atoms with van der Waals surface area (Å²) in [5.74, 6) is -1.32. The number of halogens is 4. The molecule has 0 radical (unpaired) electrons. The van der Waals surface area contributed by atoms with Crippen LogP contribution in [0.1, 0.15) is 22.3 Å². The van der Waals surface area contributed by atoms with Crippen molar-refractivity contribution in [2.24, 2.45) is 0 Å². The molecule has 0 amide bonds. The summed E-state index contributed by atoms with van der Waals surface area (Å²) in [4.78, 5) is 23.3. The van der Waals surface area contributed by atoms with Crippen molar-refractivity contribution in [3.8, 4) is 0 Å². The fourth-order valence-electron chi connectivity index (χ4n) is 0.860. The summed E-state index contributed by atoms with van der Waals surface area (Å²) < 4.78 is 37.0. The minimum absolute atomic E-state index is 0.506. The fraction of sp³-hybridized carbons (Fsp3) is 0.143. The van der Waals surface area contributed by atoms with Crippen LogP contribution in [-0.2, 0) is 0 Å². The number of H-pyrrole nitrogens is 1. The molecule has 0 saturated heterocycles. The van der Waals surface area contributed by atoms with Gasteiger partial charge in [0.2, 0.25) is 11.4 Å². The summed E-state index contributed by atoms with van der Waals surface area (Å²) >= 11 is 4.85. The molecule has 0 bridgehead atoms. The van der Waals surface area contributed by atoms with E-state index in [1.165, 1.54) is 0 Å².